The Morgan fingerprint density at radius 2 is 1.54 bits per heavy atom. The molecule has 4 nitrogen and oxygen atoms in total. The van der Waals surface area contributed by atoms with Crippen LogP contribution < -0.4 is 0 Å². The van der Waals surface area contributed by atoms with Crippen LogP contribution in [-0.4, -0.2) is 30.1 Å². The molecule has 0 radical (unpaired) electrons. The molecule has 0 unspecified atom stereocenters. The van der Waals surface area contributed by atoms with E-state index in [1.807, 2.05) is 18.2 Å². The second-order valence-electron chi connectivity index (χ2n) is 5.96. The Labute approximate surface area is 154 Å². The fraction of sp³-hybridized carbons (Fsp3) is 0.273. The summed E-state index contributed by atoms with van der Waals surface area (Å²) < 4.78 is 5.23. The Balaban J connectivity index is 1.81. The van der Waals surface area contributed by atoms with Gasteiger partial charge in [0.05, 0.1) is 12.2 Å². The normalized spacial score (nSPS) is 10.8. The van der Waals surface area contributed by atoms with Gasteiger partial charge in [0.15, 0.2) is 5.78 Å². The van der Waals surface area contributed by atoms with Gasteiger partial charge >= 0.3 is 5.97 Å². The molecular formula is C22H24O4. The zero-order valence-corrected chi connectivity index (χ0v) is 14.8. The number of allylic oxidation sites excluding steroid dienone is 1. The molecule has 0 spiro atoms. The number of benzene rings is 2. The second-order valence-corrected chi connectivity index (χ2v) is 5.96. The van der Waals surface area contributed by atoms with E-state index in [1.54, 1.807) is 42.5 Å². The zero-order valence-electron chi connectivity index (χ0n) is 14.8. The molecule has 0 aliphatic heterocycles. The highest BCUT2D eigenvalue weighted by Gasteiger charge is 2.06. The van der Waals surface area contributed by atoms with Crippen LogP contribution in [0.1, 0.15) is 52.0 Å². The van der Waals surface area contributed by atoms with Crippen molar-refractivity contribution < 1.29 is 19.4 Å². The van der Waals surface area contributed by atoms with Crippen molar-refractivity contribution in [1.82, 2.24) is 0 Å². The summed E-state index contributed by atoms with van der Waals surface area (Å²) in [4.78, 5) is 24.0. The summed E-state index contributed by atoms with van der Waals surface area (Å²) in [6.45, 7) is 0.592. The highest BCUT2D eigenvalue weighted by atomic mass is 16.5. The van der Waals surface area contributed by atoms with E-state index in [9.17, 15) is 9.59 Å². The largest absolute Gasteiger partial charge is 0.462 e. The molecule has 2 rings (SSSR count). The molecule has 0 aliphatic carbocycles. The quantitative estimate of drug-likeness (QED) is 0.300. The van der Waals surface area contributed by atoms with Gasteiger partial charge in [-0.1, -0.05) is 55.0 Å². The van der Waals surface area contributed by atoms with Crippen LogP contribution in [0, 0.1) is 0 Å². The van der Waals surface area contributed by atoms with Crippen molar-refractivity contribution in [3.05, 3.63) is 77.4 Å². The van der Waals surface area contributed by atoms with E-state index in [0.29, 0.717) is 17.7 Å². The van der Waals surface area contributed by atoms with Gasteiger partial charge in [0.1, 0.15) is 0 Å². The number of rotatable bonds is 10. The van der Waals surface area contributed by atoms with Crippen molar-refractivity contribution in [2.45, 2.75) is 25.7 Å². The zero-order chi connectivity index (χ0) is 18.6. The first kappa shape index (κ1) is 19.6. The third-order valence-electron chi connectivity index (χ3n) is 3.92. The van der Waals surface area contributed by atoms with E-state index in [4.69, 9.17) is 9.84 Å². The fourth-order valence-electron chi connectivity index (χ4n) is 2.42. The van der Waals surface area contributed by atoms with E-state index < -0.39 is 0 Å². The Bertz CT molecular complexity index is 718. The molecule has 0 bridgehead atoms. The highest BCUT2D eigenvalue weighted by molar-refractivity contribution is 6.06. The fourth-order valence-corrected chi connectivity index (χ4v) is 2.42. The first-order valence-corrected chi connectivity index (χ1v) is 8.86. The molecule has 26 heavy (non-hydrogen) atoms. The van der Waals surface area contributed by atoms with Gasteiger partial charge in [0.25, 0.3) is 0 Å². The molecule has 2 aromatic carbocycles. The van der Waals surface area contributed by atoms with Gasteiger partial charge in [-0.15, -0.1) is 0 Å². The Kier molecular flexibility index (Phi) is 8.30. The number of aliphatic hydroxyl groups is 1. The molecule has 2 aromatic rings. The summed E-state index contributed by atoms with van der Waals surface area (Å²) >= 11 is 0. The Morgan fingerprint density at radius 1 is 0.846 bits per heavy atom. The number of carbonyl (C=O) groups is 2. The summed E-state index contributed by atoms with van der Waals surface area (Å²) in [5.74, 6) is -0.404. The molecule has 4 heteroatoms. The average molecular weight is 352 g/mol. The van der Waals surface area contributed by atoms with Gasteiger partial charge in [0, 0.05) is 12.2 Å². The molecule has 0 heterocycles. The van der Waals surface area contributed by atoms with E-state index in [2.05, 4.69) is 0 Å². The summed E-state index contributed by atoms with van der Waals surface area (Å²) in [6.07, 6.45) is 6.72. The first-order chi connectivity index (χ1) is 12.7. The smallest absolute Gasteiger partial charge is 0.338 e. The predicted molar refractivity (Wildman–Crippen MR) is 102 cm³/mol. The number of esters is 1. The number of hydrogen-bond acceptors (Lipinski definition) is 4. The SMILES string of the molecule is O=C(/C=C/c1ccc(C(=O)OCCCCCCO)cc1)c1ccccc1. The molecule has 0 fully saturated rings. The van der Waals surface area contributed by atoms with Gasteiger partial charge in [-0.2, -0.15) is 0 Å². The van der Waals surface area contributed by atoms with Crippen LogP contribution in [0.2, 0.25) is 0 Å². The van der Waals surface area contributed by atoms with Crippen molar-refractivity contribution in [1.29, 1.82) is 0 Å². The third kappa shape index (κ3) is 6.65. The van der Waals surface area contributed by atoms with Crippen molar-refractivity contribution >= 4 is 17.8 Å². The summed E-state index contributed by atoms with van der Waals surface area (Å²) in [6, 6.07) is 16.0. The lowest BCUT2D eigenvalue weighted by atomic mass is 10.1. The molecule has 0 atom stereocenters. The maximum atomic E-state index is 12.0. The van der Waals surface area contributed by atoms with Gasteiger partial charge in [-0.05, 0) is 43.0 Å². The van der Waals surface area contributed by atoms with Crippen molar-refractivity contribution in [3.8, 4) is 0 Å². The van der Waals surface area contributed by atoms with E-state index >= 15 is 0 Å². The Hall–Kier alpha value is -2.72. The minimum Gasteiger partial charge on any atom is -0.462 e. The second kappa shape index (κ2) is 11.0. The lowest BCUT2D eigenvalue weighted by Gasteiger charge is -2.05. The summed E-state index contributed by atoms with van der Waals surface area (Å²) in [7, 11) is 0. The lowest BCUT2D eigenvalue weighted by molar-refractivity contribution is 0.0497. The van der Waals surface area contributed by atoms with Gasteiger partial charge < -0.3 is 9.84 Å². The number of hydrogen-bond donors (Lipinski definition) is 1. The molecule has 0 saturated carbocycles. The van der Waals surface area contributed by atoms with Crippen LogP contribution >= 0.6 is 0 Å². The minimum absolute atomic E-state index is 0.0599. The first-order valence-electron chi connectivity index (χ1n) is 8.86. The van der Waals surface area contributed by atoms with E-state index in [-0.39, 0.29) is 18.4 Å². The number of aliphatic hydroxyl groups excluding tert-OH is 1. The van der Waals surface area contributed by atoms with Crippen LogP contribution in [0.4, 0.5) is 0 Å². The lowest BCUT2D eigenvalue weighted by Crippen LogP contribution is -2.06. The van der Waals surface area contributed by atoms with Crippen molar-refractivity contribution in [2.75, 3.05) is 13.2 Å². The molecule has 0 saturated heterocycles. The maximum absolute atomic E-state index is 12.0. The van der Waals surface area contributed by atoms with Crippen LogP contribution in [0.3, 0.4) is 0 Å². The van der Waals surface area contributed by atoms with Crippen molar-refractivity contribution in [3.63, 3.8) is 0 Å². The van der Waals surface area contributed by atoms with E-state index in [0.717, 1.165) is 31.2 Å². The summed E-state index contributed by atoms with van der Waals surface area (Å²) in [5.41, 5.74) is 1.98. The Morgan fingerprint density at radius 3 is 2.23 bits per heavy atom. The number of carbonyl (C=O) groups excluding carboxylic acids is 2. The molecule has 0 amide bonds. The highest BCUT2D eigenvalue weighted by Crippen LogP contribution is 2.10. The molecule has 136 valence electrons. The van der Waals surface area contributed by atoms with Crippen LogP contribution in [0.25, 0.3) is 6.08 Å². The van der Waals surface area contributed by atoms with Gasteiger partial charge in [-0.3, -0.25) is 4.79 Å². The third-order valence-corrected chi connectivity index (χ3v) is 3.92. The standard InChI is InChI=1S/C22H24O4/c23-16-6-1-2-7-17-26-22(25)20-13-10-18(11-14-20)12-15-21(24)19-8-4-3-5-9-19/h3-5,8-15,23H,1-2,6-7,16-17H2/b15-12+. The van der Waals surface area contributed by atoms with Crippen LogP contribution in [0.15, 0.2) is 60.7 Å². The monoisotopic (exact) mass is 352 g/mol. The molecular weight excluding hydrogens is 328 g/mol. The van der Waals surface area contributed by atoms with E-state index in [1.165, 1.54) is 6.08 Å². The molecule has 1 N–H and O–H groups in total. The predicted octanol–water partition coefficient (Wildman–Crippen LogP) is 4.29. The number of ether oxygens (including phenoxy) is 1. The van der Waals surface area contributed by atoms with Crippen LogP contribution in [-0.2, 0) is 4.74 Å². The minimum atomic E-state index is -0.344. The van der Waals surface area contributed by atoms with Crippen LogP contribution in [0.5, 0.6) is 0 Å². The number of unbranched alkanes of at least 4 members (excludes halogenated alkanes) is 3. The average Bonchev–Trinajstić information content (AvgIpc) is 2.69. The topological polar surface area (TPSA) is 63.6 Å². The number of ketones is 1. The summed E-state index contributed by atoms with van der Waals surface area (Å²) in [5, 5.41) is 8.70. The molecule has 0 aromatic heterocycles. The van der Waals surface area contributed by atoms with Gasteiger partial charge in [0.2, 0.25) is 0 Å². The molecule has 0 aliphatic rings. The maximum Gasteiger partial charge on any atom is 0.338 e. The van der Waals surface area contributed by atoms with Crippen molar-refractivity contribution in [2.24, 2.45) is 0 Å². The van der Waals surface area contributed by atoms with Gasteiger partial charge in [-0.25, -0.2) is 4.79 Å².